The predicted molar refractivity (Wildman–Crippen MR) is 67.2 cm³/mol. The van der Waals surface area contributed by atoms with Crippen molar-refractivity contribution in [1.82, 2.24) is 4.98 Å². The quantitative estimate of drug-likeness (QED) is 0.852. The number of amides is 1. The third-order valence-corrected chi connectivity index (χ3v) is 2.94. The molecule has 17 heavy (non-hydrogen) atoms. The molecule has 0 spiro atoms. The van der Waals surface area contributed by atoms with Crippen LogP contribution in [0.2, 0.25) is 5.02 Å². The van der Waals surface area contributed by atoms with Crippen molar-refractivity contribution >= 4 is 28.4 Å². The minimum absolute atomic E-state index is 0.177. The normalized spacial score (nSPS) is 12.6. The highest BCUT2D eigenvalue weighted by Crippen LogP contribution is 2.18. The lowest BCUT2D eigenvalue weighted by Crippen LogP contribution is -2.21. The molecule has 0 radical (unpaired) electrons. The van der Waals surface area contributed by atoms with Crippen LogP contribution in [0.25, 0.3) is 10.9 Å². The van der Waals surface area contributed by atoms with E-state index in [-0.39, 0.29) is 5.43 Å². The van der Waals surface area contributed by atoms with Crippen LogP contribution in [0, 0.1) is 0 Å². The lowest BCUT2D eigenvalue weighted by molar-refractivity contribution is -0.119. The summed E-state index contributed by atoms with van der Waals surface area (Å²) in [6.07, 6.45) is 0. The molecule has 0 fully saturated rings. The number of hydrogen-bond donors (Lipinski definition) is 2. The van der Waals surface area contributed by atoms with Crippen molar-refractivity contribution in [2.24, 2.45) is 5.73 Å². The van der Waals surface area contributed by atoms with E-state index in [1.807, 2.05) is 0 Å². The molecule has 88 valence electrons. The fourth-order valence-corrected chi connectivity index (χ4v) is 1.80. The molecule has 1 heterocycles. The average Bonchev–Trinajstić information content (AvgIpc) is 2.28. The molecule has 1 amide bonds. The number of benzene rings is 1. The maximum absolute atomic E-state index is 11.8. The minimum atomic E-state index is -0.525. The van der Waals surface area contributed by atoms with Crippen LogP contribution in [-0.2, 0) is 4.79 Å². The van der Waals surface area contributed by atoms with Crippen molar-refractivity contribution in [3.8, 4) is 0 Å². The first-order chi connectivity index (χ1) is 7.99. The van der Waals surface area contributed by atoms with E-state index in [1.54, 1.807) is 25.1 Å². The number of aromatic nitrogens is 1. The second-order valence-electron chi connectivity index (χ2n) is 3.90. The number of carbonyl (C=O) groups is 1. The maximum Gasteiger partial charge on any atom is 0.226 e. The first-order valence-electron chi connectivity index (χ1n) is 5.11. The van der Waals surface area contributed by atoms with E-state index in [9.17, 15) is 9.59 Å². The Balaban J connectivity index is 2.68. The first kappa shape index (κ1) is 11.7. The Labute approximate surface area is 102 Å². The van der Waals surface area contributed by atoms with Gasteiger partial charge in [0.05, 0.1) is 5.92 Å². The van der Waals surface area contributed by atoms with Gasteiger partial charge >= 0.3 is 0 Å². The van der Waals surface area contributed by atoms with Gasteiger partial charge in [0.2, 0.25) is 5.91 Å². The van der Waals surface area contributed by atoms with Gasteiger partial charge < -0.3 is 10.7 Å². The minimum Gasteiger partial charge on any atom is -0.369 e. The smallest absolute Gasteiger partial charge is 0.226 e. The van der Waals surface area contributed by atoms with Crippen molar-refractivity contribution in [2.75, 3.05) is 0 Å². The molecule has 0 aliphatic carbocycles. The lowest BCUT2D eigenvalue weighted by Gasteiger charge is -2.09. The molecule has 1 atom stereocenters. The third kappa shape index (κ3) is 2.17. The van der Waals surface area contributed by atoms with Gasteiger partial charge in [0.1, 0.15) is 0 Å². The number of carbonyl (C=O) groups excluding carboxylic acids is 1. The lowest BCUT2D eigenvalue weighted by atomic mass is 10.1. The Hall–Kier alpha value is -1.81. The van der Waals surface area contributed by atoms with Crippen molar-refractivity contribution in [3.05, 3.63) is 45.2 Å². The standard InChI is InChI=1S/C12H11ClN2O2/c1-6(12(14)17)10-5-11(16)8-4-7(13)2-3-9(8)15-10/h2-6H,1H3,(H2,14,17)(H,15,16). The Morgan fingerprint density at radius 3 is 2.76 bits per heavy atom. The second kappa shape index (κ2) is 4.22. The molecule has 3 N–H and O–H groups in total. The van der Waals surface area contributed by atoms with Crippen molar-refractivity contribution < 1.29 is 4.79 Å². The van der Waals surface area contributed by atoms with Gasteiger partial charge in [-0.25, -0.2) is 0 Å². The zero-order chi connectivity index (χ0) is 12.6. The zero-order valence-electron chi connectivity index (χ0n) is 9.16. The summed E-state index contributed by atoms with van der Waals surface area (Å²) >= 11 is 5.82. The van der Waals surface area contributed by atoms with E-state index in [0.717, 1.165) is 0 Å². The number of nitrogens with one attached hydrogen (secondary N) is 1. The fourth-order valence-electron chi connectivity index (χ4n) is 1.63. The highest BCUT2D eigenvalue weighted by molar-refractivity contribution is 6.31. The molecule has 1 aromatic heterocycles. The van der Waals surface area contributed by atoms with E-state index in [1.165, 1.54) is 6.07 Å². The predicted octanol–water partition coefficient (Wildman–Crippen LogP) is 1.77. The van der Waals surface area contributed by atoms with Gasteiger partial charge in [-0.15, -0.1) is 0 Å². The van der Waals surface area contributed by atoms with Gasteiger partial charge in [0.15, 0.2) is 5.43 Å². The van der Waals surface area contributed by atoms with E-state index < -0.39 is 11.8 Å². The highest BCUT2D eigenvalue weighted by atomic mass is 35.5. The summed E-state index contributed by atoms with van der Waals surface area (Å²) in [6, 6.07) is 6.36. The van der Waals surface area contributed by atoms with Crippen molar-refractivity contribution in [2.45, 2.75) is 12.8 Å². The third-order valence-electron chi connectivity index (χ3n) is 2.71. The Morgan fingerprint density at radius 1 is 1.41 bits per heavy atom. The summed E-state index contributed by atoms with van der Waals surface area (Å²) in [6.45, 7) is 1.65. The van der Waals surface area contributed by atoms with Crippen molar-refractivity contribution in [3.63, 3.8) is 0 Å². The summed E-state index contributed by atoms with van der Waals surface area (Å²) < 4.78 is 0. The van der Waals surface area contributed by atoms with Crippen LogP contribution in [0.15, 0.2) is 29.1 Å². The fraction of sp³-hybridized carbons (Fsp3) is 0.167. The monoisotopic (exact) mass is 250 g/mol. The molecule has 1 aromatic carbocycles. The molecule has 0 aliphatic heterocycles. The van der Waals surface area contributed by atoms with Gasteiger partial charge in [-0.05, 0) is 25.1 Å². The number of primary amides is 1. The molecular weight excluding hydrogens is 240 g/mol. The Morgan fingerprint density at radius 2 is 2.12 bits per heavy atom. The van der Waals surface area contributed by atoms with E-state index in [4.69, 9.17) is 17.3 Å². The zero-order valence-corrected chi connectivity index (χ0v) is 9.91. The van der Waals surface area contributed by atoms with Crippen LogP contribution in [0.5, 0.6) is 0 Å². The van der Waals surface area contributed by atoms with Crippen LogP contribution in [0.1, 0.15) is 18.5 Å². The van der Waals surface area contributed by atoms with Gasteiger partial charge in [-0.3, -0.25) is 9.59 Å². The molecule has 0 saturated heterocycles. The molecule has 5 heteroatoms. The van der Waals surface area contributed by atoms with Crippen LogP contribution >= 0.6 is 11.6 Å². The highest BCUT2D eigenvalue weighted by Gasteiger charge is 2.14. The van der Waals surface area contributed by atoms with Crippen LogP contribution < -0.4 is 11.2 Å². The first-order valence-corrected chi connectivity index (χ1v) is 5.48. The summed E-state index contributed by atoms with van der Waals surface area (Å²) in [5.41, 5.74) is 6.18. The number of rotatable bonds is 2. The second-order valence-corrected chi connectivity index (χ2v) is 4.34. The largest absolute Gasteiger partial charge is 0.369 e. The van der Waals surface area contributed by atoms with Gasteiger partial charge in [-0.1, -0.05) is 11.6 Å². The van der Waals surface area contributed by atoms with Gasteiger partial charge in [-0.2, -0.15) is 0 Å². The van der Waals surface area contributed by atoms with Crippen LogP contribution in [-0.4, -0.2) is 10.9 Å². The SMILES string of the molecule is CC(C(N)=O)c1cc(=O)c2cc(Cl)ccc2[nH]1. The van der Waals surface area contributed by atoms with Crippen LogP contribution in [0.4, 0.5) is 0 Å². The molecule has 2 rings (SSSR count). The number of hydrogen-bond acceptors (Lipinski definition) is 2. The Kier molecular flexibility index (Phi) is 2.90. The van der Waals surface area contributed by atoms with Gasteiger partial charge in [0.25, 0.3) is 0 Å². The number of aromatic amines is 1. The number of nitrogens with two attached hydrogens (primary N) is 1. The Bertz CT molecular complexity index is 648. The summed E-state index contributed by atoms with van der Waals surface area (Å²) in [5.74, 6) is -1.00. The molecule has 1 unspecified atom stereocenters. The molecule has 0 saturated carbocycles. The van der Waals surface area contributed by atoms with E-state index >= 15 is 0 Å². The van der Waals surface area contributed by atoms with Crippen LogP contribution in [0.3, 0.4) is 0 Å². The summed E-state index contributed by atoms with van der Waals surface area (Å²) in [5, 5.41) is 0.997. The number of fused-ring (bicyclic) bond motifs is 1. The molecule has 0 aliphatic rings. The van der Waals surface area contributed by atoms with E-state index in [0.29, 0.717) is 21.6 Å². The maximum atomic E-state index is 11.8. The number of halogens is 1. The van der Waals surface area contributed by atoms with E-state index in [2.05, 4.69) is 4.98 Å². The van der Waals surface area contributed by atoms with Gasteiger partial charge in [0, 0.05) is 27.7 Å². The molecule has 2 aromatic rings. The van der Waals surface area contributed by atoms with Crippen molar-refractivity contribution in [1.29, 1.82) is 0 Å². The number of pyridine rings is 1. The topological polar surface area (TPSA) is 76.0 Å². The molecule has 4 nitrogen and oxygen atoms in total. The molecule has 0 bridgehead atoms. The molecular formula is C12H11ClN2O2. The summed E-state index contributed by atoms with van der Waals surface area (Å²) in [4.78, 5) is 25.9. The summed E-state index contributed by atoms with van der Waals surface area (Å²) in [7, 11) is 0. The average molecular weight is 251 g/mol. The number of H-pyrrole nitrogens is 1.